The van der Waals surface area contributed by atoms with Gasteiger partial charge in [-0.1, -0.05) is 6.07 Å². The molecule has 0 spiro atoms. The highest BCUT2D eigenvalue weighted by Crippen LogP contribution is 2.35. The zero-order chi connectivity index (χ0) is 29.1. The van der Waals surface area contributed by atoms with Gasteiger partial charge in [-0.15, -0.1) is 0 Å². The summed E-state index contributed by atoms with van der Waals surface area (Å²) in [5.74, 6) is -2.46. The number of carbonyl (C=O) groups is 4. The van der Waals surface area contributed by atoms with Crippen LogP contribution in [0.15, 0.2) is 23.0 Å². The molecule has 1 aromatic rings. The van der Waals surface area contributed by atoms with Gasteiger partial charge in [0.25, 0.3) is 5.56 Å². The van der Waals surface area contributed by atoms with Crippen LogP contribution in [0.3, 0.4) is 0 Å². The van der Waals surface area contributed by atoms with E-state index in [1.54, 1.807) is 12.1 Å². The Bertz CT molecular complexity index is 1240. The summed E-state index contributed by atoms with van der Waals surface area (Å²) in [6.07, 6.45) is -5.11. The fraction of sp³-hybridized carbons (Fsp3) is 0.615. The van der Waals surface area contributed by atoms with Gasteiger partial charge in [0.15, 0.2) is 29.7 Å². The van der Waals surface area contributed by atoms with Gasteiger partial charge in [0, 0.05) is 65.0 Å². The summed E-state index contributed by atoms with van der Waals surface area (Å²) < 4.78 is 29.4. The zero-order valence-corrected chi connectivity index (χ0v) is 23.5. The molecule has 1 aromatic heterocycles. The number of fused-ring (bicyclic) bond motifs is 4. The Hall–Kier alpha value is -3.52. The molecule has 3 aliphatic heterocycles. The lowest BCUT2D eigenvalue weighted by Crippen LogP contribution is -2.67. The van der Waals surface area contributed by atoms with Crippen LogP contribution in [0.25, 0.3) is 0 Å². The lowest BCUT2D eigenvalue weighted by atomic mass is 9.83. The second kappa shape index (κ2) is 12.3. The van der Waals surface area contributed by atoms with E-state index in [1.165, 1.54) is 13.8 Å². The maximum absolute atomic E-state index is 12.4. The lowest BCUT2D eigenvalue weighted by Gasteiger charge is -2.47. The number of aromatic nitrogens is 1. The molecule has 3 aliphatic rings. The van der Waals surface area contributed by atoms with E-state index >= 15 is 0 Å². The third-order valence-corrected chi connectivity index (χ3v) is 7.40. The van der Waals surface area contributed by atoms with Crippen molar-refractivity contribution in [3.05, 3.63) is 34.2 Å². The molecule has 2 saturated heterocycles. The number of rotatable bonds is 6. The first-order valence-electron chi connectivity index (χ1n) is 13.0. The average molecular weight is 580 g/mol. The molecule has 7 atom stereocenters. The Kier molecular flexibility index (Phi) is 9.08. The van der Waals surface area contributed by atoms with Crippen molar-refractivity contribution >= 4 is 41.2 Å². The second-order valence-electron chi connectivity index (χ2n) is 10.2. The molecule has 4 rings (SSSR count). The molecule has 14 heteroatoms. The standard InChI is InChI=1S/C26H33N3O10S/c1-13(30)35-12-20-22(36-14(2)31)23(37-15(3)32)24(38-16(4)33)25(39-20)27-26(40)28-9-17-8-18(11-28)19-6-5-7-21(34)29(19)10-17/h5-7,17-18,20,22-25H,8-12H2,1-4H3,(H,27,40)/t17?,18?,20?,22-,23?,24?,25-/m0/s1. The minimum absolute atomic E-state index is 0.0288. The van der Waals surface area contributed by atoms with Gasteiger partial charge in [-0.25, -0.2) is 0 Å². The highest BCUT2D eigenvalue weighted by atomic mass is 32.1. The van der Waals surface area contributed by atoms with Crippen molar-refractivity contribution in [3.8, 4) is 0 Å². The number of thiocarbonyl (C=S) groups is 1. The van der Waals surface area contributed by atoms with Crippen LogP contribution in [0.4, 0.5) is 0 Å². The highest BCUT2D eigenvalue weighted by molar-refractivity contribution is 7.80. The van der Waals surface area contributed by atoms with E-state index in [0.717, 1.165) is 26.0 Å². The van der Waals surface area contributed by atoms with Crippen LogP contribution in [-0.4, -0.2) is 88.8 Å². The fourth-order valence-electron chi connectivity index (χ4n) is 5.62. The second-order valence-corrected chi connectivity index (χ2v) is 10.6. The van der Waals surface area contributed by atoms with Crippen LogP contribution >= 0.6 is 12.2 Å². The van der Waals surface area contributed by atoms with Crippen molar-refractivity contribution in [2.45, 2.75) is 77.2 Å². The molecule has 1 N–H and O–H groups in total. The molecule has 0 aliphatic carbocycles. The van der Waals surface area contributed by atoms with E-state index in [-0.39, 0.29) is 24.0 Å². The van der Waals surface area contributed by atoms with Crippen molar-refractivity contribution < 1.29 is 42.9 Å². The third-order valence-electron chi connectivity index (χ3n) is 7.02. The maximum atomic E-state index is 12.4. The summed E-state index contributed by atoms with van der Waals surface area (Å²) in [7, 11) is 0. The molecule has 5 unspecified atom stereocenters. The van der Waals surface area contributed by atoms with Crippen molar-refractivity contribution in [1.82, 2.24) is 14.8 Å². The quantitative estimate of drug-likeness (QED) is 0.278. The summed E-state index contributed by atoms with van der Waals surface area (Å²) >= 11 is 5.74. The summed E-state index contributed by atoms with van der Waals surface area (Å²) in [6.45, 7) is 6.07. The van der Waals surface area contributed by atoms with Gasteiger partial charge in [0.05, 0.1) is 0 Å². The van der Waals surface area contributed by atoms with Crippen LogP contribution in [0, 0.1) is 5.92 Å². The van der Waals surface area contributed by atoms with Crippen LogP contribution in [0.2, 0.25) is 0 Å². The van der Waals surface area contributed by atoms with Crippen LogP contribution < -0.4 is 10.9 Å². The van der Waals surface area contributed by atoms with E-state index in [1.807, 2.05) is 15.5 Å². The molecule has 40 heavy (non-hydrogen) atoms. The van der Waals surface area contributed by atoms with Crippen molar-refractivity contribution in [2.24, 2.45) is 5.92 Å². The minimum Gasteiger partial charge on any atom is -0.463 e. The van der Waals surface area contributed by atoms with Gasteiger partial charge >= 0.3 is 23.9 Å². The summed E-state index contributed by atoms with van der Waals surface area (Å²) in [5.41, 5.74) is 0.919. The van der Waals surface area contributed by atoms with E-state index in [4.69, 9.17) is 35.9 Å². The molecule has 0 aromatic carbocycles. The Labute approximate surface area is 236 Å². The number of piperidine rings is 1. The van der Waals surface area contributed by atoms with Crippen molar-refractivity contribution in [1.29, 1.82) is 0 Å². The Balaban J connectivity index is 1.59. The van der Waals surface area contributed by atoms with E-state index in [2.05, 4.69) is 5.32 Å². The predicted octanol–water partition coefficient (Wildman–Crippen LogP) is 0.225. The van der Waals surface area contributed by atoms with E-state index < -0.39 is 54.5 Å². The van der Waals surface area contributed by atoms with Gasteiger partial charge in [0.2, 0.25) is 0 Å². The van der Waals surface area contributed by atoms with Crippen LogP contribution in [0.1, 0.15) is 45.7 Å². The van der Waals surface area contributed by atoms with Crippen molar-refractivity contribution in [3.63, 3.8) is 0 Å². The molecule has 4 heterocycles. The van der Waals surface area contributed by atoms with Gasteiger partial charge in [0.1, 0.15) is 12.7 Å². The highest BCUT2D eigenvalue weighted by Gasteiger charge is 2.52. The molecule has 0 radical (unpaired) electrons. The Morgan fingerprint density at radius 2 is 1.57 bits per heavy atom. The summed E-state index contributed by atoms with van der Waals surface area (Å²) in [6, 6.07) is 5.25. The van der Waals surface area contributed by atoms with Gasteiger partial charge in [-0.2, -0.15) is 0 Å². The number of likely N-dealkylation sites (tertiary alicyclic amines) is 1. The maximum Gasteiger partial charge on any atom is 0.303 e. The number of nitrogens with zero attached hydrogens (tertiary/aromatic N) is 2. The van der Waals surface area contributed by atoms with Crippen molar-refractivity contribution in [2.75, 3.05) is 19.7 Å². The molecule has 0 amide bonds. The average Bonchev–Trinajstić information content (AvgIpc) is 2.86. The smallest absolute Gasteiger partial charge is 0.303 e. The molecular weight excluding hydrogens is 546 g/mol. The number of esters is 4. The zero-order valence-electron chi connectivity index (χ0n) is 22.7. The van der Waals surface area contributed by atoms with E-state index in [9.17, 15) is 24.0 Å². The predicted molar refractivity (Wildman–Crippen MR) is 141 cm³/mol. The molecular formula is C26H33N3O10S. The first kappa shape index (κ1) is 29.5. The number of ether oxygens (including phenoxy) is 5. The van der Waals surface area contributed by atoms with Gasteiger partial charge in [-0.3, -0.25) is 24.0 Å². The first-order valence-corrected chi connectivity index (χ1v) is 13.4. The summed E-state index contributed by atoms with van der Waals surface area (Å²) in [4.78, 5) is 62.0. The molecule has 0 saturated carbocycles. The number of pyridine rings is 1. The van der Waals surface area contributed by atoms with E-state index in [0.29, 0.717) is 24.7 Å². The SMILES string of the molecule is CC(=O)OCC1O[C@H](NC(=S)N2CC3CC(C2)c2cccc(=O)n2C3)C(OC(C)=O)C(OC(C)=O)[C@H]1OC(C)=O. The number of nitrogens with one attached hydrogen (secondary N) is 1. The first-order chi connectivity index (χ1) is 18.9. The molecule has 13 nitrogen and oxygen atoms in total. The largest absolute Gasteiger partial charge is 0.463 e. The molecule has 2 bridgehead atoms. The Morgan fingerprint density at radius 3 is 2.23 bits per heavy atom. The summed E-state index contributed by atoms with van der Waals surface area (Å²) in [5, 5.41) is 3.37. The number of hydrogen-bond donors (Lipinski definition) is 1. The fourth-order valence-corrected chi connectivity index (χ4v) is 5.89. The van der Waals surface area contributed by atoms with Gasteiger partial charge < -0.3 is 38.5 Å². The van der Waals surface area contributed by atoms with Gasteiger partial charge in [-0.05, 0) is 30.6 Å². The Morgan fingerprint density at radius 1 is 0.925 bits per heavy atom. The molecule has 218 valence electrons. The number of carbonyl (C=O) groups excluding carboxylic acids is 4. The monoisotopic (exact) mass is 579 g/mol. The topological polar surface area (TPSA) is 152 Å². The van der Waals surface area contributed by atoms with Crippen LogP contribution in [-0.2, 0) is 49.4 Å². The molecule has 2 fully saturated rings. The minimum atomic E-state index is -1.29. The lowest BCUT2D eigenvalue weighted by molar-refractivity contribution is -0.255. The third kappa shape index (κ3) is 6.78. The van der Waals surface area contributed by atoms with Crippen LogP contribution in [0.5, 0.6) is 0 Å². The normalized spacial score (nSPS) is 28.9. The number of hydrogen-bond acceptors (Lipinski definition) is 11.